The summed E-state index contributed by atoms with van der Waals surface area (Å²) in [6, 6.07) is 5.38. The fraction of sp³-hybridized carbons (Fsp3) is 0.462. The SMILES string of the molecule is CC(C(=O)Nc1cccc([N+](=O)[O-])c1)N(CCCl)CCCl. The van der Waals surface area contributed by atoms with E-state index in [4.69, 9.17) is 23.2 Å². The predicted octanol–water partition coefficient (Wildman–Crippen LogP) is 2.70. The number of nitro benzene ring substituents is 1. The number of anilines is 1. The Bertz CT molecular complexity index is 493. The maximum atomic E-state index is 12.2. The minimum absolute atomic E-state index is 0.0705. The molecule has 0 aliphatic rings. The van der Waals surface area contributed by atoms with Gasteiger partial charge in [0.25, 0.3) is 5.69 Å². The number of hydrogen-bond acceptors (Lipinski definition) is 4. The fourth-order valence-electron chi connectivity index (χ4n) is 1.83. The molecule has 1 N–H and O–H groups in total. The Balaban J connectivity index is 2.74. The van der Waals surface area contributed by atoms with Crippen molar-refractivity contribution in [1.82, 2.24) is 4.90 Å². The quantitative estimate of drug-likeness (QED) is 0.451. The third-order valence-corrected chi connectivity index (χ3v) is 3.33. The molecule has 0 radical (unpaired) electrons. The van der Waals surface area contributed by atoms with E-state index in [1.807, 2.05) is 4.90 Å². The molecule has 1 atom stereocenters. The molecule has 116 valence electrons. The van der Waals surface area contributed by atoms with Crippen LogP contribution in [0.5, 0.6) is 0 Å². The van der Waals surface area contributed by atoms with Crippen LogP contribution in [-0.2, 0) is 4.79 Å². The summed E-state index contributed by atoms with van der Waals surface area (Å²) in [4.78, 5) is 24.2. The highest BCUT2D eigenvalue weighted by Crippen LogP contribution is 2.17. The first-order chi connectivity index (χ1) is 9.99. The van der Waals surface area contributed by atoms with Crippen molar-refractivity contribution in [3.8, 4) is 0 Å². The number of carbonyl (C=O) groups is 1. The summed E-state index contributed by atoms with van der Waals surface area (Å²) in [5.74, 6) is 0.530. The first-order valence-electron chi connectivity index (χ1n) is 6.41. The molecule has 0 fully saturated rings. The summed E-state index contributed by atoms with van der Waals surface area (Å²) in [7, 11) is 0. The zero-order chi connectivity index (χ0) is 15.8. The maximum Gasteiger partial charge on any atom is 0.271 e. The lowest BCUT2D eigenvalue weighted by Gasteiger charge is -2.26. The average molecular weight is 334 g/mol. The summed E-state index contributed by atoms with van der Waals surface area (Å²) >= 11 is 11.4. The van der Waals surface area contributed by atoms with E-state index in [0.717, 1.165) is 0 Å². The number of non-ortho nitro benzene ring substituents is 1. The van der Waals surface area contributed by atoms with Gasteiger partial charge in [-0.3, -0.25) is 19.8 Å². The number of alkyl halides is 2. The van der Waals surface area contributed by atoms with E-state index >= 15 is 0 Å². The number of amides is 1. The Labute approximate surface area is 133 Å². The maximum absolute atomic E-state index is 12.2. The molecular formula is C13H17Cl2N3O3. The van der Waals surface area contributed by atoms with Crippen molar-refractivity contribution in [2.24, 2.45) is 0 Å². The molecule has 0 aliphatic heterocycles. The summed E-state index contributed by atoms with van der Waals surface area (Å²) in [6.07, 6.45) is 0. The van der Waals surface area contributed by atoms with Gasteiger partial charge in [0.15, 0.2) is 0 Å². The molecule has 8 heteroatoms. The third kappa shape index (κ3) is 5.49. The number of hydrogen-bond donors (Lipinski definition) is 1. The van der Waals surface area contributed by atoms with Gasteiger partial charge in [-0.1, -0.05) is 6.07 Å². The zero-order valence-electron chi connectivity index (χ0n) is 11.6. The Morgan fingerprint density at radius 1 is 1.38 bits per heavy atom. The number of nitro groups is 1. The lowest BCUT2D eigenvalue weighted by atomic mass is 10.2. The molecule has 0 heterocycles. The Morgan fingerprint density at radius 2 is 2.00 bits per heavy atom. The smallest absolute Gasteiger partial charge is 0.271 e. The predicted molar refractivity (Wildman–Crippen MR) is 84.2 cm³/mol. The number of benzene rings is 1. The molecule has 1 aromatic carbocycles. The van der Waals surface area contributed by atoms with Gasteiger partial charge in [-0.2, -0.15) is 0 Å². The highest BCUT2D eigenvalue weighted by atomic mass is 35.5. The molecule has 1 aromatic rings. The summed E-state index contributed by atoms with van der Waals surface area (Å²) in [5, 5.41) is 13.4. The van der Waals surface area contributed by atoms with Crippen molar-refractivity contribution in [2.45, 2.75) is 13.0 Å². The van der Waals surface area contributed by atoms with Crippen LogP contribution in [0.2, 0.25) is 0 Å². The minimum atomic E-state index is -0.508. The normalized spacial score (nSPS) is 12.2. The van der Waals surface area contributed by atoms with E-state index in [9.17, 15) is 14.9 Å². The minimum Gasteiger partial charge on any atom is -0.324 e. The first kappa shape index (κ1) is 17.7. The van der Waals surface area contributed by atoms with Crippen LogP contribution in [0, 0.1) is 10.1 Å². The van der Waals surface area contributed by atoms with Crippen LogP contribution in [0.15, 0.2) is 24.3 Å². The molecule has 0 aliphatic carbocycles. The van der Waals surface area contributed by atoms with E-state index in [2.05, 4.69) is 5.32 Å². The van der Waals surface area contributed by atoms with E-state index in [0.29, 0.717) is 30.5 Å². The monoisotopic (exact) mass is 333 g/mol. The van der Waals surface area contributed by atoms with Crippen molar-refractivity contribution in [1.29, 1.82) is 0 Å². The molecular weight excluding hydrogens is 317 g/mol. The highest BCUT2D eigenvalue weighted by molar-refractivity contribution is 6.18. The van der Waals surface area contributed by atoms with Gasteiger partial charge in [0, 0.05) is 42.7 Å². The van der Waals surface area contributed by atoms with E-state index in [-0.39, 0.29) is 11.6 Å². The Morgan fingerprint density at radius 3 is 2.52 bits per heavy atom. The van der Waals surface area contributed by atoms with Gasteiger partial charge in [-0.05, 0) is 13.0 Å². The van der Waals surface area contributed by atoms with E-state index in [1.54, 1.807) is 13.0 Å². The number of carbonyl (C=O) groups excluding carboxylic acids is 1. The van der Waals surface area contributed by atoms with Gasteiger partial charge >= 0.3 is 0 Å². The molecule has 6 nitrogen and oxygen atoms in total. The number of halogens is 2. The summed E-state index contributed by atoms with van der Waals surface area (Å²) < 4.78 is 0. The molecule has 0 spiro atoms. The molecule has 1 unspecified atom stereocenters. The lowest BCUT2D eigenvalue weighted by molar-refractivity contribution is -0.384. The van der Waals surface area contributed by atoms with Crippen molar-refractivity contribution in [3.05, 3.63) is 34.4 Å². The second kappa shape index (κ2) is 8.81. The van der Waals surface area contributed by atoms with Crippen LogP contribution in [0.1, 0.15) is 6.92 Å². The Hall–Kier alpha value is -1.37. The molecule has 21 heavy (non-hydrogen) atoms. The standard InChI is InChI=1S/C13H17Cl2N3O3/c1-10(17(7-5-14)8-6-15)13(19)16-11-3-2-4-12(9-11)18(20)21/h2-4,9-10H,5-8H2,1H3,(H,16,19). The number of rotatable bonds is 8. The van der Waals surface area contributed by atoms with Crippen LogP contribution in [0.3, 0.4) is 0 Å². The topological polar surface area (TPSA) is 75.5 Å². The van der Waals surface area contributed by atoms with Crippen molar-refractivity contribution < 1.29 is 9.72 Å². The van der Waals surface area contributed by atoms with Crippen LogP contribution >= 0.6 is 23.2 Å². The van der Waals surface area contributed by atoms with Crippen molar-refractivity contribution >= 4 is 40.5 Å². The van der Waals surface area contributed by atoms with Crippen LogP contribution in [-0.4, -0.2) is 46.6 Å². The molecule has 0 saturated heterocycles. The molecule has 0 bridgehead atoms. The zero-order valence-corrected chi connectivity index (χ0v) is 13.1. The van der Waals surface area contributed by atoms with Crippen LogP contribution in [0.4, 0.5) is 11.4 Å². The second-order valence-corrected chi connectivity index (χ2v) is 5.14. The average Bonchev–Trinajstić information content (AvgIpc) is 2.46. The van der Waals surface area contributed by atoms with Crippen LogP contribution < -0.4 is 5.32 Å². The summed E-state index contributed by atoms with van der Waals surface area (Å²) in [5.41, 5.74) is 0.316. The molecule has 0 saturated carbocycles. The van der Waals surface area contributed by atoms with Gasteiger partial charge in [-0.15, -0.1) is 23.2 Å². The molecule has 0 aromatic heterocycles. The van der Waals surface area contributed by atoms with Crippen molar-refractivity contribution in [3.63, 3.8) is 0 Å². The van der Waals surface area contributed by atoms with Crippen molar-refractivity contribution in [2.75, 3.05) is 30.2 Å². The van der Waals surface area contributed by atoms with Gasteiger partial charge in [0.2, 0.25) is 5.91 Å². The van der Waals surface area contributed by atoms with Crippen LogP contribution in [0.25, 0.3) is 0 Å². The van der Waals surface area contributed by atoms with Gasteiger partial charge in [0.05, 0.1) is 11.0 Å². The van der Waals surface area contributed by atoms with Gasteiger partial charge in [0.1, 0.15) is 0 Å². The lowest BCUT2D eigenvalue weighted by Crippen LogP contribution is -2.44. The second-order valence-electron chi connectivity index (χ2n) is 4.39. The highest BCUT2D eigenvalue weighted by Gasteiger charge is 2.21. The van der Waals surface area contributed by atoms with Gasteiger partial charge in [-0.25, -0.2) is 0 Å². The van der Waals surface area contributed by atoms with E-state index in [1.165, 1.54) is 18.2 Å². The number of nitrogens with one attached hydrogen (secondary N) is 1. The molecule has 1 rings (SSSR count). The first-order valence-corrected chi connectivity index (χ1v) is 7.47. The van der Waals surface area contributed by atoms with Gasteiger partial charge < -0.3 is 5.32 Å². The number of nitrogens with zero attached hydrogens (tertiary/aromatic N) is 2. The largest absolute Gasteiger partial charge is 0.324 e. The third-order valence-electron chi connectivity index (χ3n) is 3.00. The fourth-order valence-corrected chi connectivity index (χ4v) is 2.26. The Kier molecular flexibility index (Phi) is 7.42. The summed E-state index contributed by atoms with van der Waals surface area (Å²) in [6.45, 7) is 2.82. The van der Waals surface area contributed by atoms with E-state index < -0.39 is 11.0 Å². The molecule has 1 amide bonds.